The van der Waals surface area contributed by atoms with Crippen molar-refractivity contribution in [2.24, 2.45) is 0 Å². The van der Waals surface area contributed by atoms with Gasteiger partial charge in [0.2, 0.25) is 35.4 Å². The van der Waals surface area contributed by atoms with E-state index in [0.717, 1.165) is 98.2 Å². The van der Waals surface area contributed by atoms with Gasteiger partial charge in [0, 0.05) is 137 Å². The predicted molar refractivity (Wildman–Crippen MR) is 397 cm³/mol. The second-order valence-electron chi connectivity index (χ2n) is 22.2. The number of furan rings is 2. The number of aryl methyl sites for hydroxylation is 2. The lowest BCUT2D eigenvalue weighted by Crippen LogP contribution is -2.29. The smallest absolute Gasteiger partial charge is 0.246 e. The quantitative estimate of drug-likeness (QED) is 0.0593. The number of hydrogen-bond donors (Lipinski definition) is 7. The van der Waals surface area contributed by atoms with Gasteiger partial charge in [-0.1, -0.05) is 70.8 Å². The molecule has 10 heterocycles. The summed E-state index contributed by atoms with van der Waals surface area (Å²) in [6.45, 7) is 9.11. The van der Waals surface area contributed by atoms with Gasteiger partial charge in [-0.05, 0) is 123 Å². The first kappa shape index (κ1) is 79.5. The maximum absolute atomic E-state index is 12.5. The Balaban J connectivity index is 0.000000239. The highest BCUT2D eigenvalue weighted by molar-refractivity contribution is 9.10. The minimum absolute atomic E-state index is 0. The number of para-hydroxylation sites is 2. The van der Waals surface area contributed by atoms with E-state index >= 15 is 0 Å². The third-order valence-corrected chi connectivity index (χ3v) is 16.1. The molecule has 6 aromatic heterocycles. The van der Waals surface area contributed by atoms with Crippen LogP contribution in [0.15, 0.2) is 152 Å². The molecule has 518 valence electrons. The van der Waals surface area contributed by atoms with E-state index in [9.17, 15) is 28.8 Å². The van der Waals surface area contributed by atoms with E-state index in [1.54, 1.807) is 67.9 Å². The highest BCUT2D eigenvalue weighted by Crippen LogP contribution is 2.29. The number of pyridine rings is 4. The molecule has 3 aromatic carbocycles. The van der Waals surface area contributed by atoms with Crippen molar-refractivity contribution in [2.45, 2.75) is 81.9 Å². The van der Waals surface area contributed by atoms with Crippen molar-refractivity contribution in [1.82, 2.24) is 50.6 Å². The summed E-state index contributed by atoms with van der Waals surface area (Å²) in [4.78, 5) is 93.6. The number of methoxy groups -OCH3 is 1. The second kappa shape index (κ2) is 37.5. The number of hydrogen-bond acceptors (Lipinski definition) is 17. The van der Waals surface area contributed by atoms with Gasteiger partial charge in [0.25, 0.3) is 0 Å². The summed E-state index contributed by atoms with van der Waals surface area (Å²) in [5.41, 5.74) is 10.3. The van der Waals surface area contributed by atoms with Crippen LogP contribution in [-0.2, 0) is 74.6 Å². The van der Waals surface area contributed by atoms with E-state index in [0.29, 0.717) is 82.2 Å². The second-order valence-corrected chi connectivity index (χ2v) is 24.1. The number of ether oxygens (including phenoxy) is 1. The molecule has 98 heavy (non-hydrogen) atoms. The van der Waals surface area contributed by atoms with E-state index < -0.39 is 0 Å². The molecule has 4 aliphatic heterocycles. The van der Waals surface area contributed by atoms with Crippen molar-refractivity contribution in [3.63, 3.8) is 0 Å². The van der Waals surface area contributed by atoms with Gasteiger partial charge >= 0.3 is 0 Å². The highest BCUT2D eigenvalue weighted by Gasteiger charge is 2.22. The largest absolute Gasteiger partial charge is 0.497 e. The fraction of sp³-hybridized carbons (Fsp3) is 0.268. The third-order valence-electron chi connectivity index (χ3n) is 15.2. The van der Waals surface area contributed by atoms with Crippen LogP contribution < -0.4 is 42.0 Å². The normalized spacial score (nSPS) is 13.7. The molecule has 0 saturated heterocycles. The molecule has 4 aliphatic rings. The van der Waals surface area contributed by atoms with Crippen LogP contribution in [0.3, 0.4) is 0 Å². The summed E-state index contributed by atoms with van der Waals surface area (Å²) in [7, 11) is 5.14. The highest BCUT2D eigenvalue weighted by atomic mass is 79.9. The van der Waals surface area contributed by atoms with Crippen LogP contribution >= 0.6 is 56.7 Å². The number of nitrogens with one attached hydrogen (secondary N) is 7. The molecule has 9 aromatic rings. The summed E-state index contributed by atoms with van der Waals surface area (Å²) in [6.07, 6.45) is 13.1. The number of amides is 6. The first-order valence-electron chi connectivity index (χ1n) is 29.7. The lowest BCUT2D eigenvalue weighted by molar-refractivity contribution is -0.126. The molecule has 0 radical (unpaired) electrons. The topological polar surface area (TPSA) is 283 Å². The molecule has 0 unspecified atom stereocenters. The first-order chi connectivity index (χ1) is 44.9. The number of benzene rings is 3. The Labute approximate surface area is 599 Å². The molecule has 0 spiro atoms. The number of nitrogens with zero attached hydrogens (tertiary/aromatic N) is 7. The minimum Gasteiger partial charge on any atom is -0.497 e. The van der Waals surface area contributed by atoms with Crippen LogP contribution in [0.4, 0.5) is 23.3 Å². The van der Waals surface area contributed by atoms with E-state index in [2.05, 4.69) is 93.9 Å². The molecule has 13 rings (SSSR count). The summed E-state index contributed by atoms with van der Waals surface area (Å²) >= 11 is 6.75. The van der Waals surface area contributed by atoms with Crippen LogP contribution in [0.25, 0.3) is 34.1 Å². The molecule has 0 fully saturated rings. The van der Waals surface area contributed by atoms with Crippen LogP contribution in [-0.4, -0.2) is 117 Å². The average molecular weight is 1510 g/mol. The zero-order chi connectivity index (χ0) is 65.5. The number of carbonyl (C=O) groups excluding carboxylic acids is 6. The standard InChI is InChI=1S/2C22H22N4O3.C16H16BrN3O2.C8H8BrN3O.3CH4.2ClH/c2*1-14-17-5-3-4-6-18(17)29-19(14)13-26(2)21(28)8-7-15-9-16-11-23-12-20(27)25-22(16)24-10-15;1-22-14-4-2-11(3-5-14)8-20-9-12-6-13(17)7-18-16(12)19-15(21)10-20;9-6-1-5-2-10-4-7(13)12-8(5)11-3-6;;;;;/h2*3-10,23H,11-13H2,1-2H3,(H,24,25,27);2-7H,8-10H2,1H3,(H,18,19,21);1,3,10H,2,4H2,(H,11,12,13);3*1H4;2*1H/b2*8-7+;;;;;;;. The molecule has 0 saturated carbocycles. The van der Waals surface area contributed by atoms with Crippen molar-refractivity contribution in [2.75, 3.05) is 68.7 Å². The Hall–Kier alpha value is -9.18. The summed E-state index contributed by atoms with van der Waals surface area (Å²) in [5.74, 6) is 4.22. The maximum Gasteiger partial charge on any atom is 0.246 e. The monoisotopic (exact) mass is 1500 g/mol. The van der Waals surface area contributed by atoms with E-state index in [1.807, 2.05) is 111 Å². The van der Waals surface area contributed by atoms with E-state index in [1.165, 1.54) is 12.2 Å². The van der Waals surface area contributed by atoms with E-state index in [-0.39, 0.29) is 95.6 Å². The number of carbonyl (C=O) groups is 6. The number of halogens is 4. The van der Waals surface area contributed by atoms with Gasteiger partial charge in [-0.25, -0.2) is 19.9 Å². The molecular formula is C71H82Br2Cl2N14O9. The fourth-order valence-corrected chi connectivity index (χ4v) is 11.1. The van der Waals surface area contributed by atoms with Crippen LogP contribution in [0.1, 0.15) is 83.9 Å². The van der Waals surface area contributed by atoms with Crippen molar-refractivity contribution < 1.29 is 42.3 Å². The molecule has 0 atom stereocenters. The fourth-order valence-electron chi connectivity index (χ4n) is 10.3. The number of anilines is 4. The summed E-state index contributed by atoms with van der Waals surface area (Å²) in [5, 5.41) is 22.3. The maximum atomic E-state index is 12.5. The van der Waals surface area contributed by atoms with Gasteiger partial charge in [-0.15, -0.1) is 24.8 Å². The number of likely N-dealkylation sites (N-methyl/N-ethyl adjacent to an activating group) is 2. The molecular weight excluding hydrogens is 1420 g/mol. The Bertz CT molecular complexity index is 4160. The van der Waals surface area contributed by atoms with Gasteiger partial charge in [0.15, 0.2) is 0 Å². The van der Waals surface area contributed by atoms with Gasteiger partial charge < -0.3 is 60.6 Å². The Kier molecular flexibility index (Phi) is 30.4. The van der Waals surface area contributed by atoms with Gasteiger partial charge in [-0.3, -0.25) is 33.7 Å². The Morgan fingerprint density at radius 3 is 1.35 bits per heavy atom. The third kappa shape index (κ3) is 21.4. The summed E-state index contributed by atoms with van der Waals surface area (Å²) in [6, 6.07) is 31.4. The van der Waals surface area contributed by atoms with Crippen molar-refractivity contribution in [1.29, 1.82) is 0 Å². The van der Waals surface area contributed by atoms with Crippen molar-refractivity contribution >= 4 is 149 Å². The molecule has 23 nitrogen and oxygen atoms in total. The van der Waals surface area contributed by atoms with Crippen LogP contribution in [0, 0.1) is 13.8 Å². The first-order valence-corrected chi connectivity index (χ1v) is 31.2. The molecule has 7 N–H and O–H groups in total. The van der Waals surface area contributed by atoms with Crippen LogP contribution in [0.2, 0.25) is 0 Å². The van der Waals surface area contributed by atoms with Crippen LogP contribution in [0.5, 0.6) is 5.75 Å². The van der Waals surface area contributed by atoms with Crippen molar-refractivity contribution in [3.05, 3.63) is 205 Å². The van der Waals surface area contributed by atoms with Crippen molar-refractivity contribution in [3.8, 4) is 5.75 Å². The van der Waals surface area contributed by atoms with Gasteiger partial charge in [-0.2, -0.15) is 0 Å². The SMILES string of the molecule is C.C.C.COc1ccc(CN2CC(=O)Nc3ncc(Br)cc3C2)cc1.Cc1c(CN(C)C(=O)/C=C/c2cnc3c(c2)CNCC(=O)N3)oc2ccccc12.Cc1c(CN(C)C(=O)/C=C/c2cnc3c(c2)CNCC(=O)N3)oc2ccccc12.Cl.Cl.O=C1CNCc2cc(Br)cnc2N1. The van der Waals surface area contributed by atoms with Gasteiger partial charge in [0.1, 0.15) is 51.7 Å². The zero-order valence-corrected chi connectivity index (χ0v) is 57.3. The Morgan fingerprint density at radius 1 is 0.531 bits per heavy atom. The zero-order valence-electron chi connectivity index (χ0n) is 52.5. The van der Waals surface area contributed by atoms with E-state index in [4.69, 9.17) is 13.6 Å². The molecule has 6 amide bonds. The number of fused-ring (bicyclic) bond motifs is 6. The molecule has 0 aliphatic carbocycles. The summed E-state index contributed by atoms with van der Waals surface area (Å²) < 4.78 is 18.8. The minimum atomic E-state index is -0.133. The molecule has 27 heteroatoms. The number of rotatable bonds is 11. The average Bonchev–Trinajstić information content (AvgIpc) is 1.64. The van der Waals surface area contributed by atoms with Gasteiger partial charge in [0.05, 0.1) is 46.4 Å². The lowest BCUT2D eigenvalue weighted by atomic mass is 10.1. The number of aromatic nitrogens is 4. The predicted octanol–water partition coefficient (Wildman–Crippen LogP) is 12.1. The lowest BCUT2D eigenvalue weighted by Gasteiger charge is -2.19. The molecule has 0 bridgehead atoms. The Morgan fingerprint density at radius 2 is 0.918 bits per heavy atom.